The van der Waals surface area contributed by atoms with Crippen LogP contribution in [0.2, 0.25) is 0 Å². The maximum absolute atomic E-state index is 12.9. The number of nitrogens with zero attached hydrogens (tertiary/aromatic N) is 1. The molecule has 0 N–H and O–H groups in total. The maximum atomic E-state index is 12.9. The van der Waals surface area contributed by atoms with Crippen LogP contribution in [0.1, 0.15) is 54.9 Å². The van der Waals surface area contributed by atoms with Gasteiger partial charge in [-0.05, 0) is 25.3 Å². The Morgan fingerprint density at radius 3 is 2.53 bits per heavy atom. The molecule has 1 aliphatic carbocycles. The van der Waals surface area contributed by atoms with Gasteiger partial charge in [-0.1, -0.05) is 19.8 Å². The van der Waals surface area contributed by atoms with Crippen molar-refractivity contribution in [1.82, 2.24) is 4.98 Å². The van der Waals surface area contributed by atoms with Crippen LogP contribution in [0.5, 0.6) is 0 Å². The van der Waals surface area contributed by atoms with Crippen LogP contribution in [0.4, 0.5) is 13.2 Å². The van der Waals surface area contributed by atoms with Crippen LogP contribution < -0.4 is 0 Å². The van der Waals surface area contributed by atoms with E-state index < -0.39 is 22.9 Å². The highest BCUT2D eigenvalue weighted by atomic mass is 19.4. The molecule has 19 heavy (non-hydrogen) atoms. The van der Waals surface area contributed by atoms with Crippen LogP contribution in [-0.4, -0.2) is 10.8 Å². The minimum atomic E-state index is -4.51. The van der Waals surface area contributed by atoms with E-state index in [1.807, 2.05) is 6.92 Å². The Labute approximate surface area is 110 Å². The molecule has 0 unspecified atom stereocenters. The third-order valence-corrected chi connectivity index (χ3v) is 4.09. The number of carbonyl (C=O) groups excluding carboxylic acids is 1. The predicted molar refractivity (Wildman–Crippen MR) is 64.8 cm³/mol. The molecule has 0 aromatic carbocycles. The predicted octanol–water partition coefficient (Wildman–Crippen LogP) is 4.25. The van der Waals surface area contributed by atoms with Crippen LogP contribution in [0.15, 0.2) is 18.5 Å². The standard InChI is InChI=1S/C14H16F3NO/c1-2-13(6-3-4-7-13)12(19)10-9-18-8-5-11(10)14(15,16)17/h5,8-9H,2-4,6-7H2,1H3. The highest BCUT2D eigenvalue weighted by Gasteiger charge is 2.43. The van der Waals surface area contributed by atoms with Crippen LogP contribution in [0, 0.1) is 5.41 Å². The van der Waals surface area contributed by atoms with E-state index in [1.165, 1.54) is 0 Å². The van der Waals surface area contributed by atoms with Crippen LogP contribution in [0.25, 0.3) is 0 Å². The summed E-state index contributed by atoms with van der Waals surface area (Å²) in [5.74, 6) is -0.395. The van der Waals surface area contributed by atoms with Gasteiger partial charge in [0, 0.05) is 23.4 Å². The maximum Gasteiger partial charge on any atom is 0.417 e. The first-order valence-electron chi connectivity index (χ1n) is 6.47. The Hall–Kier alpha value is -1.39. The van der Waals surface area contributed by atoms with Gasteiger partial charge in [0.25, 0.3) is 0 Å². The average molecular weight is 271 g/mol. The molecule has 1 aromatic heterocycles. The smallest absolute Gasteiger partial charge is 0.293 e. The summed E-state index contributed by atoms with van der Waals surface area (Å²) < 4.78 is 38.8. The molecule has 0 aliphatic heterocycles. The topological polar surface area (TPSA) is 30.0 Å². The molecule has 0 spiro atoms. The fraction of sp³-hybridized carbons (Fsp3) is 0.571. The molecule has 1 saturated carbocycles. The molecule has 0 bridgehead atoms. The largest absolute Gasteiger partial charge is 0.417 e. The van der Waals surface area contributed by atoms with E-state index in [-0.39, 0.29) is 5.56 Å². The van der Waals surface area contributed by atoms with Gasteiger partial charge in [-0.2, -0.15) is 13.2 Å². The van der Waals surface area contributed by atoms with Gasteiger partial charge in [0.2, 0.25) is 0 Å². The molecular formula is C14H16F3NO. The fourth-order valence-corrected chi connectivity index (χ4v) is 2.90. The van der Waals surface area contributed by atoms with Crippen molar-refractivity contribution in [2.75, 3.05) is 0 Å². The SMILES string of the molecule is CCC1(C(=O)c2cnccc2C(F)(F)F)CCCC1. The fourth-order valence-electron chi connectivity index (χ4n) is 2.90. The summed E-state index contributed by atoms with van der Waals surface area (Å²) in [6, 6.07) is 0.881. The van der Waals surface area contributed by atoms with Gasteiger partial charge in [-0.3, -0.25) is 9.78 Å². The number of aromatic nitrogens is 1. The Kier molecular flexibility index (Phi) is 3.65. The van der Waals surface area contributed by atoms with E-state index in [1.54, 1.807) is 0 Å². The molecule has 104 valence electrons. The molecule has 5 heteroatoms. The van der Waals surface area contributed by atoms with Crippen LogP contribution in [0.3, 0.4) is 0 Å². The summed E-state index contributed by atoms with van der Waals surface area (Å²) >= 11 is 0. The third-order valence-electron chi connectivity index (χ3n) is 4.09. The lowest BCUT2D eigenvalue weighted by Gasteiger charge is -2.26. The van der Waals surface area contributed by atoms with Gasteiger partial charge < -0.3 is 0 Å². The highest BCUT2D eigenvalue weighted by molar-refractivity contribution is 6.01. The van der Waals surface area contributed by atoms with Gasteiger partial charge in [-0.15, -0.1) is 0 Å². The molecule has 0 radical (unpaired) electrons. The molecule has 2 rings (SSSR count). The van der Waals surface area contributed by atoms with Crippen molar-refractivity contribution in [3.05, 3.63) is 29.6 Å². The van der Waals surface area contributed by atoms with E-state index >= 15 is 0 Å². The Morgan fingerprint density at radius 1 is 1.37 bits per heavy atom. The van der Waals surface area contributed by atoms with E-state index in [4.69, 9.17) is 0 Å². The Balaban J connectivity index is 2.45. The highest BCUT2D eigenvalue weighted by Crippen LogP contribution is 2.45. The minimum absolute atomic E-state index is 0.279. The lowest BCUT2D eigenvalue weighted by Crippen LogP contribution is -2.29. The lowest BCUT2D eigenvalue weighted by atomic mass is 9.76. The quantitative estimate of drug-likeness (QED) is 0.769. The summed E-state index contributed by atoms with van der Waals surface area (Å²) in [4.78, 5) is 16.2. The number of carbonyl (C=O) groups is 1. The monoisotopic (exact) mass is 271 g/mol. The number of rotatable bonds is 3. The van der Waals surface area contributed by atoms with E-state index in [0.29, 0.717) is 19.3 Å². The van der Waals surface area contributed by atoms with Crippen molar-refractivity contribution in [2.24, 2.45) is 5.41 Å². The average Bonchev–Trinajstić information content (AvgIpc) is 2.87. The van der Waals surface area contributed by atoms with Gasteiger partial charge in [0.05, 0.1) is 5.56 Å². The zero-order chi connectivity index (χ0) is 14.1. The van der Waals surface area contributed by atoms with Crippen LogP contribution >= 0.6 is 0 Å². The van der Waals surface area contributed by atoms with Gasteiger partial charge in [0.1, 0.15) is 0 Å². The Bertz CT molecular complexity index is 476. The number of hydrogen-bond acceptors (Lipinski definition) is 2. The number of halogens is 3. The summed E-state index contributed by atoms with van der Waals surface area (Å²) in [6.45, 7) is 1.87. The first kappa shape index (κ1) is 14.0. The molecular weight excluding hydrogens is 255 g/mol. The van der Waals surface area contributed by atoms with Crippen molar-refractivity contribution < 1.29 is 18.0 Å². The van der Waals surface area contributed by atoms with E-state index in [0.717, 1.165) is 31.3 Å². The molecule has 1 heterocycles. The summed E-state index contributed by atoms with van der Waals surface area (Å²) in [6.07, 6.45) is 1.36. The zero-order valence-electron chi connectivity index (χ0n) is 10.8. The summed E-state index contributed by atoms with van der Waals surface area (Å²) in [5, 5.41) is 0. The third kappa shape index (κ3) is 2.51. The van der Waals surface area contributed by atoms with E-state index in [9.17, 15) is 18.0 Å². The zero-order valence-corrected chi connectivity index (χ0v) is 10.8. The minimum Gasteiger partial charge on any atom is -0.293 e. The van der Waals surface area contributed by atoms with Crippen molar-refractivity contribution in [1.29, 1.82) is 0 Å². The van der Waals surface area contributed by atoms with Crippen molar-refractivity contribution in [3.8, 4) is 0 Å². The van der Waals surface area contributed by atoms with Crippen molar-refractivity contribution >= 4 is 5.78 Å². The van der Waals surface area contributed by atoms with Gasteiger partial charge in [0.15, 0.2) is 5.78 Å². The van der Waals surface area contributed by atoms with Gasteiger partial charge in [-0.25, -0.2) is 0 Å². The molecule has 0 saturated heterocycles. The van der Waals surface area contributed by atoms with Crippen molar-refractivity contribution in [3.63, 3.8) is 0 Å². The molecule has 1 aromatic rings. The number of alkyl halides is 3. The first-order valence-corrected chi connectivity index (χ1v) is 6.47. The molecule has 0 amide bonds. The molecule has 2 nitrogen and oxygen atoms in total. The summed E-state index contributed by atoms with van der Waals surface area (Å²) in [5.41, 5.74) is -1.77. The number of Topliss-reactive ketones (excluding diaryl/α,β-unsaturated/α-hetero) is 1. The molecule has 1 aliphatic rings. The summed E-state index contributed by atoms with van der Waals surface area (Å²) in [7, 11) is 0. The Morgan fingerprint density at radius 2 is 2.00 bits per heavy atom. The van der Waals surface area contributed by atoms with Crippen LogP contribution in [-0.2, 0) is 6.18 Å². The second-order valence-electron chi connectivity index (χ2n) is 5.09. The second-order valence-corrected chi connectivity index (χ2v) is 5.09. The second kappa shape index (κ2) is 4.94. The van der Waals surface area contributed by atoms with Gasteiger partial charge >= 0.3 is 6.18 Å². The normalized spacial score (nSPS) is 18.5. The molecule has 1 fully saturated rings. The number of ketones is 1. The first-order chi connectivity index (χ1) is 8.91. The lowest BCUT2D eigenvalue weighted by molar-refractivity contribution is -0.138. The van der Waals surface area contributed by atoms with E-state index in [2.05, 4.69) is 4.98 Å². The number of pyridine rings is 1. The molecule has 0 atom stereocenters. The number of hydrogen-bond donors (Lipinski definition) is 0. The van der Waals surface area contributed by atoms with Crippen molar-refractivity contribution in [2.45, 2.75) is 45.2 Å².